The van der Waals surface area contributed by atoms with Crippen LogP contribution in [0.3, 0.4) is 0 Å². The molecule has 0 radical (unpaired) electrons. The lowest BCUT2D eigenvalue weighted by Crippen LogP contribution is -2.09. The third-order valence-electron chi connectivity index (χ3n) is 4.53. The molecule has 4 rings (SSSR count). The lowest BCUT2D eigenvalue weighted by Gasteiger charge is -2.10. The van der Waals surface area contributed by atoms with E-state index in [4.69, 9.17) is 9.72 Å². The van der Waals surface area contributed by atoms with Gasteiger partial charge in [0, 0.05) is 28.4 Å². The van der Waals surface area contributed by atoms with Crippen molar-refractivity contribution >= 4 is 28.8 Å². The highest BCUT2D eigenvalue weighted by Crippen LogP contribution is 2.31. The smallest absolute Gasteiger partial charge is 0.343 e. The summed E-state index contributed by atoms with van der Waals surface area (Å²) in [6.07, 6.45) is 2.84. The molecule has 4 aromatic rings. The number of nitrogens with one attached hydrogen (secondary N) is 1. The van der Waals surface area contributed by atoms with Crippen molar-refractivity contribution < 1.29 is 9.53 Å². The number of hydrogen-bond acceptors (Lipinski definition) is 7. The van der Waals surface area contributed by atoms with E-state index in [0.29, 0.717) is 18.0 Å². The number of anilines is 2. The number of carbonyl (C=O) groups is 1. The molecular weight excluding hydrogens is 396 g/mol. The van der Waals surface area contributed by atoms with Gasteiger partial charge < -0.3 is 10.1 Å². The number of ether oxygens (including phenoxy) is 1. The Morgan fingerprint density at radius 1 is 1.13 bits per heavy atom. The van der Waals surface area contributed by atoms with E-state index >= 15 is 0 Å². The Bertz CT molecular complexity index is 1170. The zero-order valence-electron chi connectivity index (χ0n) is 16.6. The molecule has 1 N–H and O–H groups in total. The second-order valence-corrected chi connectivity index (χ2v) is 7.42. The molecule has 0 amide bonds. The molecule has 2 aromatic heterocycles. The number of esters is 1. The number of carbonyl (C=O) groups excluding carboxylic acids is 1. The molecule has 0 aliphatic heterocycles. The molecule has 0 saturated carbocycles. The molecule has 0 bridgehead atoms. The topological polar surface area (TPSA) is 77.0 Å². The van der Waals surface area contributed by atoms with E-state index in [1.54, 1.807) is 18.3 Å². The normalized spacial score (nSPS) is 10.6. The van der Waals surface area contributed by atoms with Crippen LogP contribution < -0.4 is 5.32 Å². The van der Waals surface area contributed by atoms with E-state index in [2.05, 4.69) is 39.7 Å². The molecule has 7 heteroatoms. The monoisotopic (exact) mass is 416 g/mol. The minimum absolute atomic E-state index is 0.292. The maximum atomic E-state index is 12.1. The molecule has 2 aromatic carbocycles. The molecule has 0 spiro atoms. The van der Waals surface area contributed by atoms with Crippen molar-refractivity contribution in [3.63, 3.8) is 0 Å². The Morgan fingerprint density at radius 3 is 2.70 bits per heavy atom. The molecule has 150 valence electrons. The Hall–Kier alpha value is -3.58. The average molecular weight is 417 g/mol. The van der Waals surface area contributed by atoms with Gasteiger partial charge in [0.25, 0.3) is 0 Å². The van der Waals surface area contributed by atoms with Gasteiger partial charge in [-0.1, -0.05) is 36.4 Å². The number of aromatic nitrogens is 3. The van der Waals surface area contributed by atoms with Crippen molar-refractivity contribution in [2.45, 2.75) is 13.8 Å². The first kappa shape index (κ1) is 19.7. The van der Waals surface area contributed by atoms with Crippen LogP contribution in [0.1, 0.15) is 22.8 Å². The highest BCUT2D eigenvalue weighted by Gasteiger charge is 2.14. The predicted octanol–water partition coefficient (Wildman–Crippen LogP) is 5.50. The van der Waals surface area contributed by atoms with Gasteiger partial charge in [-0.15, -0.1) is 11.3 Å². The summed E-state index contributed by atoms with van der Waals surface area (Å²) in [7, 11) is 0. The number of aryl methyl sites for hydroxylation is 1. The standard InChI is InChI=1S/C23H20N4O2S/c1-3-29-23(28)19-12-24-14-25-21(19)26-17-10-8-16(9-11-17)20-13-30-22(27-20)18-7-5-4-6-15(18)2/h4-14H,3H2,1-2H3,(H,24,25,26). The largest absolute Gasteiger partial charge is 0.462 e. The number of benzene rings is 2. The van der Waals surface area contributed by atoms with Crippen molar-refractivity contribution in [1.29, 1.82) is 0 Å². The molecule has 2 heterocycles. The van der Waals surface area contributed by atoms with Crippen molar-refractivity contribution in [2.75, 3.05) is 11.9 Å². The molecule has 0 aliphatic carbocycles. The Balaban J connectivity index is 1.54. The van der Waals surface area contributed by atoms with Gasteiger partial charge >= 0.3 is 5.97 Å². The molecule has 0 unspecified atom stereocenters. The summed E-state index contributed by atoms with van der Waals surface area (Å²) in [5.41, 5.74) is 5.41. The second kappa shape index (κ2) is 8.84. The fourth-order valence-corrected chi connectivity index (χ4v) is 3.91. The molecular formula is C23H20N4O2S. The van der Waals surface area contributed by atoms with E-state index in [0.717, 1.165) is 27.5 Å². The highest BCUT2D eigenvalue weighted by atomic mass is 32.1. The first-order chi connectivity index (χ1) is 14.7. The second-order valence-electron chi connectivity index (χ2n) is 6.56. The van der Waals surface area contributed by atoms with Gasteiger partial charge in [-0.2, -0.15) is 0 Å². The van der Waals surface area contributed by atoms with Crippen LogP contribution in [0.15, 0.2) is 66.4 Å². The molecule has 0 atom stereocenters. The summed E-state index contributed by atoms with van der Waals surface area (Å²) in [5.74, 6) is -0.0462. The first-order valence-corrected chi connectivity index (χ1v) is 10.4. The van der Waals surface area contributed by atoms with Gasteiger partial charge in [-0.3, -0.25) is 0 Å². The lowest BCUT2D eigenvalue weighted by atomic mass is 10.1. The molecule has 6 nitrogen and oxygen atoms in total. The molecule has 0 saturated heterocycles. The first-order valence-electron chi connectivity index (χ1n) is 9.52. The minimum Gasteiger partial charge on any atom is -0.462 e. The Labute approximate surface area is 178 Å². The van der Waals surface area contributed by atoms with E-state index in [1.165, 1.54) is 18.1 Å². The molecule has 0 aliphatic rings. The third-order valence-corrected chi connectivity index (χ3v) is 5.41. The minimum atomic E-state index is -0.455. The summed E-state index contributed by atoms with van der Waals surface area (Å²) in [5, 5.41) is 6.23. The fourth-order valence-electron chi connectivity index (χ4n) is 2.99. The van der Waals surface area contributed by atoms with Crippen molar-refractivity contribution in [3.05, 3.63) is 77.6 Å². The van der Waals surface area contributed by atoms with Crippen LogP contribution in [-0.2, 0) is 4.74 Å². The number of rotatable bonds is 6. The maximum absolute atomic E-state index is 12.1. The summed E-state index contributed by atoms with van der Waals surface area (Å²) in [6.45, 7) is 4.14. The summed E-state index contributed by atoms with van der Waals surface area (Å²) >= 11 is 1.63. The van der Waals surface area contributed by atoms with Gasteiger partial charge in [-0.25, -0.2) is 19.7 Å². The lowest BCUT2D eigenvalue weighted by molar-refractivity contribution is 0.0526. The Morgan fingerprint density at radius 2 is 1.93 bits per heavy atom. The number of nitrogens with zero attached hydrogens (tertiary/aromatic N) is 3. The summed E-state index contributed by atoms with van der Waals surface area (Å²) < 4.78 is 5.06. The predicted molar refractivity (Wildman–Crippen MR) is 119 cm³/mol. The molecule has 30 heavy (non-hydrogen) atoms. The van der Waals surface area contributed by atoms with Gasteiger partial charge in [0.15, 0.2) is 0 Å². The number of hydrogen-bond donors (Lipinski definition) is 1. The van der Waals surface area contributed by atoms with E-state index in [1.807, 2.05) is 36.4 Å². The van der Waals surface area contributed by atoms with Crippen LogP contribution in [0.2, 0.25) is 0 Å². The van der Waals surface area contributed by atoms with Crippen LogP contribution in [0.4, 0.5) is 11.5 Å². The van der Waals surface area contributed by atoms with Crippen LogP contribution >= 0.6 is 11.3 Å². The summed E-state index contributed by atoms with van der Waals surface area (Å²) in [6, 6.07) is 16.1. The maximum Gasteiger partial charge on any atom is 0.343 e. The van der Waals surface area contributed by atoms with Crippen molar-refractivity contribution in [2.24, 2.45) is 0 Å². The third kappa shape index (κ3) is 4.21. The van der Waals surface area contributed by atoms with Gasteiger partial charge in [0.2, 0.25) is 0 Å². The van der Waals surface area contributed by atoms with E-state index in [-0.39, 0.29) is 0 Å². The quantitative estimate of drug-likeness (QED) is 0.419. The van der Waals surface area contributed by atoms with Crippen molar-refractivity contribution in [3.8, 4) is 21.8 Å². The summed E-state index contributed by atoms with van der Waals surface area (Å²) in [4.78, 5) is 25.0. The SMILES string of the molecule is CCOC(=O)c1cncnc1Nc1ccc(-c2csc(-c3ccccc3C)n2)cc1. The number of thiazole rings is 1. The zero-order chi connectivity index (χ0) is 20.9. The van der Waals surface area contributed by atoms with E-state index < -0.39 is 5.97 Å². The van der Waals surface area contributed by atoms with Crippen LogP contribution in [0.25, 0.3) is 21.8 Å². The molecule has 0 fully saturated rings. The van der Waals surface area contributed by atoms with Gasteiger partial charge in [-0.05, 0) is 31.5 Å². The Kier molecular flexibility index (Phi) is 5.81. The highest BCUT2D eigenvalue weighted by molar-refractivity contribution is 7.13. The van der Waals surface area contributed by atoms with Gasteiger partial charge in [0.05, 0.1) is 12.3 Å². The van der Waals surface area contributed by atoms with Crippen LogP contribution in [0, 0.1) is 6.92 Å². The van der Waals surface area contributed by atoms with Gasteiger partial charge in [0.1, 0.15) is 22.7 Å². The average Bonchev–Trinajstić information content (AvgIpc) is 3.25. The fraction of sp³-hybridized carbons (Fsp3) is 0.130. The van der Waals surface area contributed by atoms with Crippen molar-refractivity contribution in [1.82, 2.24) is 15.0 Å². The zero-order valence-corrected chi connectivity index (χ0v) is 17.4. The van der Waals surface area contributed by atoms with Crippen LogP contribution in [-0.4, -0.2) is 27.5 Å². The van der Waals surface area contributed by atoms with E-state index in [9.17, 15) is 4.79 Å². The van der Waals surface area contributed by atoms with Crippen LogP contribution in [0.5, 0.6) is 0 Å².